The minimum Gasteiger partial charge on any atom is -0.494 e. The van der Waals surface area contributed by atoms with Crippen molar-refractivity contribution in [2.75, 3.05) is 26.2 Å². The molecule has 1 N–H and O–H groups in total. The van der Waals surface area contributed by atoms with E-state index in [2.05, 4.69) is 25.7 Å². The van der Waals surface area contributed by atoms with E-state index in [-0.39, 0.29) is 23.8 Å². The standard InChI is InChI=1S/C31H42N2O4.ClH/c1-4-7-11-25-22-27-23-26(31(35)36)16-20-33(27)29(25)30(34)24-12-14-28(15-13-24)37-21-10-19-32(17-8-5-2)18-9-6-3;/h12-16,20,22-23H,4-11,17-19,21H2,1-3H3,(H,35,36);1H. The minimum atomic E-state index is -0.975. The molecule has 0 fully saturated rings. The highest BCUT2D eigenvalue weighted by Gasteiger charge is 2.20. The van der Waals surface area contributed by atoms with Crippen molar-refractivity contribution in [2.45, 2.75) is 72.1 Å². The van der Waals surface area contributed by atoms with Crippen LogP contribution in [0.3, 0.4) is 0 Å². The Balaban J connectivity index is 0.00000507. The van der Waals surface area contributed by atoms with Crippen LogP contribution in [-0.4, -0.2) is 52.4 Å². The van der Waals surface area contributed by atoms with Crippen molar-refractivity contribution >= 4 is 29.7 Å². The van der Waals surface area contributed by atoms with Crippen molar-refractivity contribution in [3.05, 3.63) is 71.0 Å². The van der Waals surface area contributed by atoms with E-state index in [9.17, 15) is 14.7 Å². The van der Waals surface area contributed by atoms with Crippen LogP contribution in [0.5, 0.6) is 5.75 Å². The minimum absolute atomic E-state index is 0. The molecule has 38 heavy (non-hydrogen) atoms. The Hall–Kier alpha value is -2.83. The van der Waals surface area contributed by atoms with Gasteiger partial charge in [-0.15, -0.1) is 12.4 Å². The monoisotopic (exact) mass is 542 g/mol. The zero-order chi connectivity index (χ0) is 26.6. The third-order valence-corrected chi connectivity index (χ3v) is 6.77. The summed E-state index contributed by atoms with van der Waals surface area (Å²) in [6, 6.07) is 12.5. The van der Waals surface area contributed by atoms with Crippen molar-refractivity contribution in [1.29, 1.82) is 0 Å². The number of rotatable bonds is 17. The van der Waals surface area contributed by atoms with Gasteiger partial charge in [-0.1, -0.05) is 40.0 Å². The summed E-state index contributed by atoms with van der Waals surface area (Å²) < 4.78 is 7.79. The Kier molecular flexibility index (Phi) is 13.4. The number of carbonyl (C=O) groups excluding carboxylic acids is 1. The summed E-state index contributed by atoms with van der Waals surface area (Å²) in [7, 11) is 0. The van der Waals surface area contributed by atoms with Gasteiger partial charge in [0.25, 0.3) is 0 Å². The molecule has 0 saturated carbocycles. The lowest BCUT2D eigenvalue weighted by atomic mass is 10.0. The number of aromatic carboxylic acids is 1. The summed E-state index contributed by atoms with van der Waals surface area (Å²) in [6.07, 6.45) is 10.3. The first-order valence-electron chi connectivity index (χ1n) is 13.9. The Morgan fingerprint density at radius 1 is 0.842 bits per heavy atom. The molecule has 7 heteroatoms. The fraction of sp³-hybridized carbons (Fsp3) is 0.484. The summed E-state index contributed by atoms with van der Waals surface area (Å²) >= 11 is 0. The fourth-order valence-corrected chi connectivity index (χ4v) is 4.60. The highest BCUT2D eigenvalue weighted by Crippen LogP contribution is 2.24. The van der Waals surface area contributed by atoms with Crippen LogP contribution in [0.15, 0.2) is 48.7 Å². The predicted molar refractivity (Wildman–Crippen MR) is 156 cm³/mol. The number of hydrogen-bond acceptors (Lipinski definition) is 4. The molecule has 0 spiro atoms. The third-order valence-electron chi connectivity index (χ3n) is 6.77. The van der Waals surface area contributed by atoms with E-state index in [1.807, 2.05) is 34.7 Å². The molecule has 0 bridgehead atoms. The van der Waals surface area contributed by atoms with Crippen molar-refractivity contribution in [2.24, 2.45) is 0 Å². The molecule has 2 heterocycles. The SMILES string of the molecule is CCCCc1cc2cc(C(=O)O)ccn2c1C(=O)c1ccc(OCCCN(CCCC)CCCC)cc1.Cl. The number of nitrogens with zero attached hydrogens (tertiary/aromatic N) is 2. The number of pyridine rings is 1. The van der Waals surface area contributed by atoms with E-state index < -0.39 is 5.97 Å². The first-order valence-corrected chi connectivity index (χ1v) is 13.9. The largest absolute Gasteiger partial charge is 0.494 e. The number of fused-ring (bicyclic) bond motifs is 1. The fourth-order valence-electron chi connectivity index (χ4n) is 4.60. The summed E-state index contributed by atoms with van der Waals surface area (Å²) in [6.45, 7) is 10.6. The van der Waals surface area contributed by atoms with Gasteiger partial charge >= 0.3 is 5.97 Å². The molecule has 2 aromatic heterocycles. The Morgan fingerprint density at radius 2 is 1.47 bits per heavy atom. The van der Waals surface area contributed by atoms with E-state index in [0.29, 0.717) is 17.9 Å². The average molecular weight is 543 g/mol. The van der Waals surface area contributed by atoms with Gasteiger partial charge in [0.1, 0.15) is 5.75 Å². The number of hydrogen-bond donors (Lipinski definition) is 1. The van der Waals surface area contributed by atoms with Crippen LogP contribution in [0, 0.1) is 0 Å². The van der Waals surface area contributed by atoms with Gasteiger partial charge in [-0.05, 0) is 93.2 Å². The number of carbonyl (C=O) groups is 2. The zero-order valence-corrected chi connectivity index (χ0v) is 23.9. The number of ketones is 1. The van der Waals surface area contributed by atoms with Crippen molar-refractivity contribution in [3.8, 4) is 5.75 Å². The maximum absolute atomic E-state index is 13.6. The average Bonchev–Trinajstić information content (AvgIpc) is 3.28. The van der Waals surface area contributed by atoms with Gasteiger partial charge in [-0.2, -0.15) is 0 Å². The molecule has 1 aromatic carbocycles. The number of carboxylic acid groups (broad SMARTS) is 1. The first kappa shape index (κ1) is 31.4. The van der Waals surface area contributed by atoms with Crippen molar-refractivity contribution in [3.63, 3.8) is 0 Å². The molecule has 208 valence electrons. The van der Waals surface area contributed by atoms with E-state index in [0.717, 1.165) is 62.1 Å². The second-order valence-corrected chi connectivity index (χ2v) is 9.74. The second kappa shape index (κ2) is 16.2. The molecule has 0 aliphatic carbocycles. The number of halogens is 1. The van der Waals surface area contributed by atoms with Gasteiger partial charge in [-0.25, -0.2) is 4.79 Å². The highest BCUT2D eigenvalue weighted by atomic mass is 35.5. The number of aromatic nitrogens is 1. The lowest BCUT2D eigenvalue weighted by Crippen LogP contribution is -2.28. The Bertz CT molecular complexity index is 1150. The summed E-state index contributed by atoms with van der Waals surface area (Å²) in [5, 5.41) is 9.36. The van der Waals surface area contributed by atoms with Crippen LogP contribution in [0.25, 0.3) is 5.52 Å². The van der Waals surface area contributed by atoms with Crippen LogP contribution >= 0.6 is 12.4 Å². The molecular formula is C31H43ClN2O4. The lowest BCUT2D eigenvalue weighted by molar-refractivity contribution is 0.0696. The molecule has 0 unspecified atom stereocenters. The molecule has 0 atom stereocenters. The quantitative estimate of drug-likeness (QED) is 0.143. The number of aryl methyl sites for hydroxylation is 1. The molecule has 0 aliphatic rings. The highest BCUT2D eigenvalue weighted by molar-refractivity contribution is 6.09. The first-order chi connectivity index (χ1) is 18.0. The van der Waals surface area contributed by atoms with Crippen molar-refractivity contribution < 1.29 is 19.4 Å². The number of unbranched alkanes of at least 4 members (excludes halogenated alkanes) is 3. The van der Waals surface area contributed by atoms with Gasteiger partial charge in [0.05, 0.1) is 17.9 Å². The van der Waals surface area contributed by atoms with Crippen LogP contribution in [0.2, 0.25) is 0 Å². The van der Waals surface area contributed by atoms with E-state index in [1.165, 1.54) is 31.7 Å². The normalized spacial score (nSPS) is 11.1. The van der Waals surface area contributed by atoms with Crippen LogP contribution in [-0.2, 0) is 6.42 Å². The lowest BCUT2D eigenvalue weighted by Gasteiger charge is -2.21. The molecular weight excluding hydrogens is 500 g/mol. The number of benzene rings is 1. The summed E-state index contributed by atoms with van der Waals surface area (Å²) in [5.74, 6) is -0.275. The summed E-state index contributed by atoms with van der Waals surface area (Å²) in [4.78, 5) is 27.5. The maximum atomic E-state index is 13.6. The van der Waals surface area contributed by atoms with E-state index in [4.69, 9.17) is 4.74 Å². The van der Waals surface area contributed by atoms with Gasteiger partial charge in [0.2, 0.25) is 5.78 Å². The molecule has 3 rings (SSSR count). The molecule has 0 saturated heterocycles. The Labute approximate surface area is 233 Å². The van der Waals surface area contributed by atoms with Gasteiger partial charge in [-0.3, -0.25) is 4.79 Å². The van der Waals surface area contributed by atoms with E-state index >= 15 is 0 Å². The van der Waals surface area contributed by atoms with Gasteiger partial charge < -0.3 is 19.1 Å². The number of carboxylic acids is 1. The smallest absolute Gasteiger partial charge is 0.335 e. The maximum Gasteiger partial charge on any atom is 0.335 e. The van der Waals surface area contributed by atoms with Crippen molar-refractivity contribution in [1.82, 2.24) is 9.30 Å². The second-order valence-electron chi connectivity index (χ2n) is 9.74. The topological polar surface area (TPSA) is 71.2 Å². The van der Waals surface area contributed by atoms with Crippen LogP contribution in [0.1, 0.15) is 97.7 Å². The van der Waals surface area contributed by atoms with E-state index in [1.54, 1.807) is 12.3 Å². The third kappa shape index (κ3) is 8.60. The predicted octanol–water partition coefficient (Wildman–Crippen LogP) is 7.30. The van der Waals surface area contributed by atoms with Crippen LogP contribution < -0.4 is 4.74 Å². The van der Waals surface area contributed by atoms with Crippen LogP contribution in [0.4, 0.5) is 0 Å². The molecule has 0 radical (unpaired) electrons. The summed E-state index contributed by atoms with van der Waals surface area (Å²) in [5.41, 5.74) is 3.09. The molecule has 6 nitrogen and oxygen atoms in total. The molecule has 0 amide bonds. The van der Waals surface area contributed by atoms with Gasteiger partial charge in [0, 0.05) is 23.8 Å². The number of ether oxygens (including phenoxy) is 1. The van der Waals surface area contributed by atoms with Gasteiger partial charge in [0.15, 0.2) is 0 Å². The molecule has 3 aromatic rings. The zero-order valence-electron chi connectivity index (χ0n) is 23.1. The molecule has 0 aliphatic heterocycles. The Morgan fingerprint density at radius 3 is 2.08 bits per heavy atom.